The summed E-state index contributed by atoms with van der Waals surface area (Å²) in [5, 5.41) is 43.7. The maximum atomic E-state index is 12.4. The van der Waals surface area contributed by atoms with E-state index in [2.05, 4.69) is 11.9 Å². The highest BCUT2D eigenvalue weighted by atomic mass is 35.6. The van der Waals surface area contributed by atoms with Crippen LogP contribution < -0.4 is 5.32 Å². The molecule has 34 heavy (non-hydrogen) atoms. The Hall–Kier alpha value is -0.770. The lowest BCUT2D eigenvalue weighted by Crippen LogP contribution is -2.68. The van der Waals surface area contributed by atoms with Gasteiger partial charge < -0.3 is 49.4 Å². The highest BCUT2D eigenvalue weighted by molar-refractivity contribution is 6.76. The van der Waals surface area contributed by atoms with E-state index in [1.165, 1.54) is 13.0 Å². The standard InChI is InChI=1S/C19H28Cl3NO11/c1-4-5-30-16-10(23-18(29)19(20,21)22)15(12(26)9(33-16)6-31-8(3)24)34-17-14(28)13(27)11(25)7(2)32-17/h4,7,9-17,25-28H,1,5-6H2,2-3H3,(H,23,29)/t7-,9+,10+,11-,12+,13+,14+,15+,16+,17-/m0/s1. The molecular weight excluding hydrogens is 525 g/mol. The Kier molecular flexibility index (Phi) is 10.8. The number of alkyl halides is 3. The van der Waals surface area contributed by atoms with Crippen molar-refractivity contribution in [1.29, 1.82) is 0 Å². The van der Waals surface area contributed by atoms with Gasteiger partial charge in [0.2, 0.25) is 0 Å². The van der Waals surface area contributed by atoms with E-state index in [0.717, 1.165) is 6.92 Å². The predicted octanol–water partition coefficient (Wildman–Crippen LogP) is -1.09. The number of carbonyl (C=O) groups is 2. The van der Waals surface area contributed by atoms with E-state index >= 15 is 0 Å². The van der Waals surface area contributed by atoms with Crippen molar-refractivity contribution in [3.05, 3.63) is 12.7 Å². The fourth-order valence-corrected chi connectivity index (χ4v) is 3.55. The number of aliphatic hydroxyl groups excluding tert-OH is 4. The number of halogens is 3. The summed E-state index contributed by atoms with van der Waals surface area (Å²) in [5.74, 6) is -1.76. The second kappa shape index (κ2) is 12.5. The fraction of sp³-hybridized carbons (Fsp3) is 0.789. The van der Waals surface area contributed by atoms with Gasteiger partial charge in [0.25, 0.3) is 9.70 Å². The van der Waals surface area contributed by atoms with Crippen LogP contribution in [0, 0.1) is 0 Å². The van der Waals surface area contributed by atoms with Crippen molar-refractivity contribution in [3.8, 4) is 0 Å². The maximum Gasteiger partial charge on any atom is 0.302 e. The van der Waals surface area contributed by atoms with Crippen molar-refractivity contribution < 1.29 is 53.7 Å². The van der Waals surface area contributed by atoms with Crippen molar-refractivity contribution >= 4 is 46.7 Å². The first kappa shape index (κ1) is 29.5. The largest absolute Gasteiger partial charge is 0.463 e. The normalized spacial score (nSPS) is 38.7. The Morgan fingerprint density at radius 1 is 1.06 bits per heavy atom. The van der Waals surface area contributed by atoms with E-state index in [9.17, 15) is 30.0 Å². The number of amides is 1. The molecule has 0 unspecified atom stereocenters. The van der Waals surface area contributed by atoms with Crippen LogP contribution in [0.5, 0.6) is 0 Å². The molecule has 2 aliphatic rings. The van der Waals surface area contributed by atoms with Gasteiger partial charge in [0.1, 0.15) is 49.3 Å². The van der Waals surface area contributed by atoms with Gasteiger partial charge in [-0.15, -0.1) is 6.58 Å². The molecule has 0 saturated carbocycles. The molecule has 1 amide bonds. The summed E-state index contributed by atoms with van der Waals surface area (Å²) in [6.45, 7) is 5.62. The zero-order valence-electron chi connectivity index (χ0n) is 18.3. The molecule has 2 saturated heterocycles. The number of rotatable bonds is 8. The maximum absolute atomic E-state index is 12.4. The lowest BCUT2D eigenvalue weighted by molar-refractivity contribution is -0.340. The average molecular weight is 553 g/mol. The first-order chi connectivity index (χ1) is 15.8. The van der Waals surface area contributed by atoms with Crippen LogP contribution in [-0.4, -0.2) is 111 Å². The van der Waals surface area contributed by atoms with Gasteiger partial charge in [-0.25, -0.2) is 0 Å². The number of hydrogen-bond donors (Lipinski definition) is 5. The van der Waals surface area contributed by atoms with Gasteiger partial charge in [-0.3, -0.25) is 9.59 Å². The molecule has 196 valence electrons. The van der Waals surface area contributed by atoms with Crippen LogP contribution in [0.25, 0.3) is 0 Å². The van der Waals surface area contributed by atoms with Gasteiger partial charge in [0.05, 0.1) is 12.7 Å². The summed E-state index contributed by atoms with van der Waals surface area (Å²) in [6.07, 6.45) is -11.5. The van der Waals surface area contributed by atoms with Crippen LogP contribution in [0.15, 0.2) is 12.7 Å². The summed E-state index contributed by atoms with van der Waals surface area (Å²) < 4.78 is 24.9. The molecule has 2 rings (SSSR count). The van der Waals surface area contributed by atoms with Gasteiger partial charge in [0.15, 0.2) is 12.6 Å². The van der Waals surface area contributed by atoms with E-state index in [0.29, 0.717) is 0 Å². The van der Waals surface area contributed by atoms with Crippen LogP contribution in [0.4, 0.5) is 0 Å². The quantitative estimate of drug-likeness (QED) is 0.141. The van der Waals surface area contributed by atoms with Crippen molar-refractivity contribution in [3.63, 3.8) is 0 Å². The van der Waals surface area contributed by atoms with Gasteiger partial charge in [0, 0.05) is 6.92 Å². The SMILES string of the molecule is C=CCO[C@@H]1O[C@H](COC(C)=O)[C@@H](O)[C@H](O[C@@H]2O[C@@H](C)[C@H](O)[C@@H](O)[C@H]2O)[C@H]1NC(=O)C(Cl)(Cl)Cl. The summed E-state index contributed by atoms with van der Waals surface area (Å²) in [5.41, 5.74) is 0. The molecule has 0 aliphatic carbocycles. The molecule has 0 bridgehead atoms. The van der Waals surface area contributed by atoms with E-state index in [1.54, 1.807) is 0 Å². The van der Waals surface area contributed by atoms with Crippen molar-refractivity contribution in [1.82, 2.24) is 5.32 Å². The third-order valence-corrected chi connectivity index (χ3v) is 5.67. The number of esters is 1. The number of ether oxygens (including phenoxy) is 5. The molecule has 2 heterocycles. The van der Waals surface area contributed by atoms with Crippen LogP contribution in [0.3, 0.4) is 0 Å². The Labute approximate surface area is 210 Å². The average Bonchev–Trinajstić information content (AvgIpc) is 2.75. The van der Waals surface area contributed by atoms with Gasteiger partial charge in [-0.1, -0.05) is 40.9 Å². The minimum atomic E-state index is -2.40. The van der Waals surface area contributed by atoms with Crippen molar-refractivity contribution in [2.24, 2.45) is 0 Å². The van der Waals surface area contributed by atoms with E-state index < -0.39 is 83.6 Å². The lowest BCUT2D eigenvalue weighted by Gasteiger charge is -2.47. The van der Waals surface area contributed by atoms with Crippen LogP contribution in [0.1, 0.15) is 13.8 Å². The third-order valence-electron chi connectivity index (χ3n) is 5.16. The molecule has 15 heteroatoms. The van der Waals surface area contributed by atoms with Crippen LogP contribution in [0.2, 0.25) is 0 Å². The Morgan fingerprint density at radius 3 is 2.26 bits per heavy atom. The number of carbonyl (C=O) groups excluding carboxylic acids is 2. The molecule has 10 atom stereocenters. The molecule has 12 nitrogen and oxygen atoms in total. The molecule has 0 radical (unpaired) electrons. The fourth-order valence-electron chi connectivity index (χ4n) is 3.39. The Morgan fingerprint density at radius 2 is 1.71 bits per heavy atom. The number of aliphatic hydroxyl groups is 4. The zero-order valence-corrected chi connectivity index (χ0v) is 20.5. The molecule has 2 fully saturated rings. The van der Waals surface area contributed by atoms with Crippen molar-refractivity contribution in [2.45, 2.75) is 79.0 Å². The molecule has 0 aromatic heterocycles. The van der Waals surface area contributed by atoms with Crippen molar-refractivity contribution in [2.75, 3.05) is 13.2 Å². The second-order valence-corrected chi connectivity index (χ2v) is 10.0. The molecule has 5 N–H and O–H groups in total. The Bertz CT molecular complexity index is 724. The first-order valence-electron chi connectivity index (χ1n) is 10.2. The summed E-state index contributed by atoms with van der Waals surface area (Å²) in [6, 6.07) is -1.35. The highest BCUT2D eigenvalue weighted by Gasteiger charge is 2.52. The van der Waals surface area contributed by atoms with Gasteiger partial charge in [-0.2, -0.15) is 0 Å². The minimum Gasteiger partial charge on any atom is -0.463 e. The second-order valence-electron chi connectivity index (χ2n) is 7.74. The number of hydrogen-bond acceptors (Lipinski definition) is 11. The molecule has 2 aliphatic heterocycles. The smallest absolute Gasteiger partial charge is 0.302 e. The van der Waals surface area contributed by atoms with E-state index in [4.69, 9.17) is 58.5 Å². The summed E-state index contributed by atoms with van der Waals surface area (Å²) in [4.78, 5) is 23.7. The van der Waals surface area contributed by atoms with Gasteiger partial charge in [-0.05, 0) is 6.92 Å². The first-order valence-corrected chi connectivity index (χ1v) is 11.3. The lowest BCUT2D eigenvalue weighted by atomic mass is 9.95. The minimum absolute atomic E-state index is 0.0710. The predicted molar refractivity (Wildman–Crippen MR) is 117 cm³/mol. The molecular formula is C19H28Cl3NO11. The monoisotopic (exact) mass is 551 g/mol. The Balaban J connectivity index is 2.38. The summed E-state index contributed by atoms with van der Waals surface area (Å²) in [7, 11) is 0. The van der Waals surface area contributed by atoms with Gasteiger partial charge >= 0.3 is 5.97 Å². The third kappa shape index (κ3) is 7.37. The van der Waals surface area contributed by atoms with E-state index in [-0.39, 0.29) is 6.61 Å². The summed E-state index contributed by atoms with van der Waals surface area (Å²) >= 11 is 17.0. The molecule has 0 spiro atoms. The van der Waals surface area contributed by atoms with Crippen LogP contribution in [-0.2, 0) is 33.3 Å². The van der Waals surface area contributed by atoms with Crippen LogP contribution >= 0.6 is 34.8 Å². The highest BCUT2D eigenvalue weighted by Crippen LogP contribution is 2.32. The number of nitrogens with one attached hydrogen (secondary N) is 1. The van der Waals surface area contributed by atoms with E-state index in [1.807, 2.05) is 0 Å². The topological polar surface area (TPSA) is 173 Å². The molecule has 0 aromatic rings. The molecule has 0 aromatic carbocycles. The zero-order chi connectivity index (χ0) is 25.8.